The SMILES string of the molecule is CC[C@@H](CO)NC1CCCN(Cc2ccccc2)C1. The third-order valence-electron chi connectivity index (χ3n) is 3.94. The number of rotatable bonds is 6. The molecule has 0 saturated carbocycles. The molecule has 1 aromatic rings. The van der Waals surface area contributed by atoms with Crippen molar-refractivity contribution >= 4 is 0 Å². The van der Waals surface area contributed by atoms with Crippen LogP contribution in [0.5, 0.6) is 0 Å². The van der Waals surface area contributed by atoms with Gasteiger partial charge in [0.1, 0.15) is 0 Å². The highest BCUT2D eigenvalue weighted by molar-refractivity contribution is 5.14. The Morgan fingerprint density at radius 2 is 2.16 bits per heavy atom. The van der Waals surface area contributed by atoms with Crippen molar-refractivity contribution in [1.29, 1.82) is 0 Å². The highest BCUT2D eigenvalue weighted by Gasteiger charge is 2.21. The van der Waals surface area contributed by atoms with Crippen LogP contribution in [0.3, 0.4) is 0 Å². The van der Waals surface area contributed by atoms with Gasteiger partial charge in [0.15, 0.2) is 0 Å². The number of likely N-dealkylation sites (tertiary alicyclic amines) is 1. The van der Waals surface area contributed by atoms with Gasteiger partial charge >= 0.3 is 0 Å². The van der Waals surface area contributed by atoms with Crippen molar-refractivity contribution in [3.63, 3.8) is 0 Å². The highest BCUT2D eigenvalue weighted by Crippen LogP contribution is 2.14. The van der Waals surface area contributed by atoms with E-state index in [1.807, 2.05) is 0 Å². The lowest BCUT2D eigenvalue weighted by molar-refractivity contribution is 0.157. The third kappa shape index (κ3) is 4.60. The predicted octanol–water partition coefficient (Wildman–Crippen LogP) is 2.01. The Hall–Kier alpha value is -0.900. The molecule has 0 aromatic heterocycles. The molecule has 1 aromatic carbocycles. The van der Waals surface area contributed by atoms with Crippen LogP contribution in [0.1, 0.15) is 31.7 Å². The Labute approximate surface area is 116 Å². The normalized spacial score (nSPS) is 22.3. The fourth-order valence-corrected chi connectivity index (χ4v) is 2.81. The molecule has 0 spiro atoms. The van der Waals surface area contributed by atoms with Crippen molar-refractivity contribution in [2.75, 3.05) is 19.7 Å². The Balaban J connectivity index is 1.83. The van der Waals surface area contributed by atoms with E-state index in [4.69, 9.17) is 0 Å². The number of hydrogen-bond acceptors (Lipinski definition) is 3. The van der Waals surface area contributed by atoms with Gasteiger partial charge in [0.25, 0.3) is 0 Å². The van der Waals surface area contributed by atoms with Crippen LogP contribution in [-0.4, -0.2) is 41.8 Å². The molecule has 1 heterocycles. The fourth-order valence-electron chi connectivity index (χ4n) is 2.81. The first-order valence-electron chi connectivity index (χ1n) is 7.45. The Morgan fingerprint density at radius 1 is 1.37 bits per heavy atom. The Kier molecular flexibility index (Phi) is 5.83. The standard InChI is InChI=1S/C16H26N2O/c1-2-15(13-19)17-16-9-6-10-18(12-16)11-14-7-4-3-5-8-14/h3-5,7-8,15-17,19H,2,6,9-13H2,1H3/t15-,16?/m0/s1. The topological polar surface area (TPSA) is 35.5 Å². The van der Waals surface area contributed by atoms with Crippen molar-refractivity contribution in [3.05, 3.63) is 35.9 Å². The first-order valence-corrected chi connectivity index (χ1v) is 7.45. The predicted molar refractivity (Wildman–Crippen MR) is 79.0 cm³/mol. The van der Waals surface area contributed by atoms with Crippen LogP contribution in [0.4, 0.5) is 0 Å². The molecule has 0 aliphatic carbocycles. The summed E-state index contributed by atoms with van der Waals surface area (Å²) >= 11 is 0. The van der Waals surface area contributed by atoms with Gasteiger partial charge in [0.05, 0.1) is 6.61 Å². The van der Waals surface area contributed by atoms with E-state index in [9.17, 15) is 5.11 Å². The zero-order valence-corrected chi connectivity index (χ0v) is 11.9. The molecular formula is C16H26N2O. The number of nitrogens with one attached hydrogen (secondary N) is 1. The summed E-state index contributed by atoms with van der Waals surface area (Å²) in [4.78, 5) is 2.51. The summed E-state index contributed by atoms with van der Waals surface area (Å²) in [7, 11) is 0. The van der Waals surface area contributed by atoms with E-state index in [2.05, 4.69) is 47.5 Å². The number of benzene rings is 1. The maximum Gasteiger partial charge on any atom is 0.0584 e. The van der Waals surface area contributed by atoms with Crippen LogP contribution < -0.4 is 5.32 Å². The van der Waals surface area contributed by atoms with Crippen molar-refractivity contribution in [3.8, 4) is 0 Å². The van der Waals surface area contributed by atoms with E-state index in [-0.39, 0.29) is 12.6 Å². The summed E-state index contributed by atoms with van der Waals surface area (Å²) < 4.78 is 0. The zero-order chi connectivity index (χ0) is 13.5. The molecule has 3 heteroatoms. The van der Waals surface area contributed by atoms with Gasteiger partial charge in [-0.05, 0) is 31.4 Å². The van der Waals surface area contributed by atoms with Gasteiger partial charge in [-0.3, -0.25) is 4.90 Å². The lowest BCUT2D eigenvalue weighted by Gasteiger charge is -2.35. The molecular weight excluding hydrogens is 236 g/mol. The molecule has 3 nitrogen and oxygen atoms in total. The number of aliphatic hydroxyl groups excluding tert-OH is 1. The van der Waals surface area contributed by atoms with Crippen LogP contribution in [0.2, 0.25) is 0 Å². The monoisotopic (exact) mass is 262 g/mol. The number of nitrogens with zero attached hydrogens (tertiary/aromatic N) is 1. The summed E-state index contributed by atoms with van der Waals surface area (Å²) in [6.45, 7) is 5.67. The van der Waals surface area contributed by atoms with Gasteiger partial charge < -0.3 is 10.4 Å². The van der Waals surface area contributed by atoms with Gasteiger partial charge in [-0.2, -0.15) is 0 Å². The first-order chi connectivity index (χ1) is 9.31. The van der Waals surface area contributed by atoms with Crippen LogP contribution >= 0.6 is 0 Å². The third-order valence-corrected chi connectivity index (χ3v) is 3.94. The lowest BCUT2D eigenvalue weighted by Crippen LogP contribution is -2.49. The van der Waals surface area contributed by atoms with E-state index in [0.29, 0.717) is 6.04 Å². The molecule has 0 amide bonds. The van der Waals surface area contributed by atoms with Crippen molar-refractivity contribution in [1.82, 2.24) is 10.2 Å². The molecule has 1 saturated heterocycles. The maximum atomic E-state index is 9.28. The number of hydrogen-bond donors (Lipinski definition) is 2. The van der Waals surface area contributed by atoms with Gasteiger partial charge in [0.2, 0.25) is 0 Å². The minimum atomic E-state index is 0.242. The summed E-state index contributed by atoms with van der Waals surface area (Å²) in [6, 6.07) is 11.4. The Morgan fingerprint density at radius 3 is 2.84 bits per heavy atom. The smallest absolute Gasteiger partial charge is 0.0584 e. The second kappa shape index (κ2) is 7.63. The van der Waals surface area contributed by atoms with E-state index in [1.54, 1.807) is 0 Å². The number of aliphatic hydroxyl groups is 1. The quantitative estimate of drug-likeness (QED) is 0.823. The van der Waals surface area contributed by atoms with Crippen molar-refractivity contribution < 1.29 is 5.11 Å². The Bertz CT molecular complexity index is 351. The molecule has 1 unspecified atom stereocenters. The second-order valence-electron chi connectivity index (χ2n) is 5.51. The van der Waals surface area contributed by atoms with E-state index >= 15 is 0 Å². The molecule has 2 N–H and O–H groups in total. The van der Waals surface area contributed by atoms with Gasteiger partial charge in [0, 0.05) is 25.2 Å². The number of piperidine rings is 1. The first kappa shape index (κ1) is 14.5. The van der Waals surface area contributed by atoms with Crippen LogP contribution in [0, 0.1) is 0 Å². The summed E-state index contributed by atoms with van der Waals surface area (Å²) in [6.07, 6.45) is 3.46. The summed E-state index contributed by atoms with van der Waals surface area (Å²) in [5.41, 5.74) is 1.39. The van der Waals surface area contributed by atoms with Crippen LogP contribution in [0.15, 0.2) is 30.3 Å². The van der Waals surface area contributed by atoms with Crippen molar-refractivity contribution in [2.24, 2.45) is 0 Å². The van der Waals surface area contributed by atoms with E-state index in [0.717, 1.165) is 19.5 Å². The van der Waals surface area contributed by atoms with Gasteiger partial charge in [-0.15, -0.1) is 0 Å². The lowest BCUT2D eigenvalue weighted by atomic mass is 10.0. The average molecular weight is 262 g/mol. The molecule has 2 atom stereocenters. The largest absolute Gasteiger partial charge is 0.395 e. The van der Waals surface area contributed by atoms with Crippen LogP contribution in [-0.2, 0) is 6.54 Å². The summed E-state index contributed by atoms with van der Waals surface area (Å²) in [5, 5.41) is 12.9. The molecule has 1 aliphatic heterocycles. The molecule has 1 fully saturated rings. The molecule has 19 heavy (non-hydrogen) atoms. The molecule has 106 valence electrons. The van der Waals surface area contributed by atoms with Crippen molar-refractivity contribution in [2.45, 2.75) is 44.8 Å². The minimum Gasteiger partial charge on any atom is -0.395 e. The van der Waals surface area contributed by atoms with Gasteiger partial charge in [-0.1, -0.05) is 37.3 Å². The maximum absolute atomic E-state index is 9.28. The second-order valence-corrected chi connectivity index (χ2v) is 5.51. The minimum absolute atomic E-state index is 0.242. The molecule has 1 aliphatic rings. The molecule has 0 bridgehead atoms. The van der Waals surface area contributed by atoms with E-state index in [1.165, 1.54) is 24.9 Å². The fraction of sp³-hybridized carbons (Fsp3) is 0.625. The van der Waals surface area contributed by atoms with Crippen LogP contribution in [0.25, 0.3) is 0 Å². The molecule has 0 radical (unpaired) electrons. The molecule has 2 rings (SSSR count). The summed E-state index contributed by atoms with van der Waals surface area (Å²) in [5.74, 6) is 0. The zero-order valence-electron chi connectivity index (χ0n) is 11.9. The van der Waals surface area contributed by atoms with E-state index < -0.39 is 0 Å². The average Bonchev–Trinajstić information content (AvgIpc) is 2.46. The highest BCUT2D eigenvalue weighted by atomic mass is 16.3. The van der Waals surface area contributed by atoms with Gasteiger partial charge in [-0.25, -0.2) is 0 Å².